The van der Waals surface area contributed by atoms with Crippen molar-refractivity contribution in [2.24, 2.45) is 0 Å². The summed E-state index contributed by atoms with van der Waals surface area (Å²) in [7, 11) is -1.40. The van der Waals surface area contributed by atoms with E-state index in [1.807, 2.05) is 0 Å². The predicted octanol–water partition coefficient (Wildman–Crippen LogP) is 3.05. The average molecular weight is 299 g/mol. The number of carboxylic acid groups (broad SMARTS) is 1. The van der Waals surface area contributed by atoms with Crippen LogP contribution in [-0.2, 0) is 4.79 Å². The zero-order valence-corrected chi connectivity index (χ0v) is 11.5. The largest absolute Gasteiger partial charge is 0.497 e. The fourth-order valence-electron chi connectivity index (χ4n) is 1.78. The van der Waals surface area contributed by atoms with Crippen molar-refractivity contribution in [3.05, 3.63) is 65.7 Å². The van der Waals surface area contributed by atoms with E-state index < -0.39 is 18.9 Å². The number of para-hydroxylation sites is 1. The standard InChI is InChI=1S/C17H15NO4/c1-22-13-9-6-12(7-10-13)8-11-16(19)18-15-5-3-2-4-14(15)17(20)21/h2-11H,1H3,(H,18,19)(H,20,21)/i1D2. The smallest absolute Gasteiger partial charge is 0.337 e. The number of hydrogen-bond donors (Lipinski definition) is 2. The Morgan fingerprint density at radius 1 is 1.18 bits per heavy atom. The predicted molar refractivity (Wildman–Crippen MR) is 84.1 cm³/mol. The van der Waals surface area contributed by atoms with Crippen LogP contribution in [0.15, 0.2) is 54.6 Å². The van der Waals surface area contributed by atoms with E-state index in [-0.39, 0.29) is 11.3 Å². The Balaban J connectivity index is 2.02. The maximum Gasteiger partial charge on any atom is 0.337 e. The Kier molecular flexibility index (Phi) is 4.07. The number of benzene rings is 2. The second kappa shape index (κ2) is 7.08. The molecule has 0 saturated carbocycles. The highest BCUT2D eigenvalue weighted by molar-refractivity contribution is 6.06. The fraction of sp³-hybridized carbons (Fsp3) is 0.0588. The van der Waals surface area contributed by atoms with Crippen LogP contribution in [0.4, 0.5) is 5.69 Å². The second-order valence-electron chi connectivity index (χ2n) is 4.36. The lowest BCUT2D eigenvalue weighted by atomic mass is 10.1. The lowest BCUT2D eigenvalue weighted by Gasteiger charge is -2.05. The third-order valence-electron chi connectivity index (χ3n) is 2.86. The Morgan fingerprint density at radius 2 is 1.91 bits per heavy atom. The number of hydrogen-bond acceptors (Lipinski definition) is 3. The van der Waals surface area contributed by atoms with E-state index in [1.165, 1.54) is 18.2 Å². The molecule has 5 nitrogen and oxygen atoms in total. The summed E-state index contributed by atoms with van der Waals surface area (Å²) < 4.78 is 18.9. The molecule has 2 aromatic rings. The molecule has 0 heterocycles. The number of anilines is 1. The molecule has 2 aromatic carbocycles. The van der Waals surface area contributed by atoms with E-state index in [0.717, 1.165) is 5.56 Å². The van der Waals surface area contributed by atoms with Gasteiger partial charge >= 0.3 is 5.97 Å². The van der Waals surface area contributed by atoms with Crippen molar-refractivity contribution in [1.82, 2.24) is 0 Å². The summed E-state index contributed by atoms with van der Waals surface area (Å²) in [6.07, 6.45) is 2.84. The summed E-state index contributed by atoms with van der Waals surface area (Å²) in [4.78, 5) is 23.0. The highest BCUT2D eigenvalue weighted by atomic mass is 16.5. The molecule has 1 amide bonds. The monoisotopic (exact) mass is 299 g/mol. The first-order valence-electron chi connectivity index (χ1n) is 7.54. The van der Waals surface area contributed by atoms with E-state index in [0.29, 0.717) is 5.75 Å². The maximum absolute atomic E-state index is 11.9. The Hall–Kier alpha value is -3.08. The first-order chi connectivity index (χ1) is 11.5. The number of ether oxygens (including phenoxy) is 1. The van der Waals surface area contributed by atoms with Crippen molar-refractivity contribution in [3.63, 3.8) is 0 Å². The highest BCUT2D eigenvalue weighted by Crippen LogP contribution is 2.15. The third-order valence-corrected chi connectivity index (χ3v) is 2.86. The molecule has 0 aliphatic carbocycles. The molecule has 0 aliphatic rings. The minimum absolute atomic E-state index is 0.0149. The zero-order valence-electron chi connectivity index (χ0n) is 13.5. The van der Waals surface area contributed by atoms with E-state index in [4.69, 9.17) is 12.6 Å². The molecule has 0 atom stereocenters. The molecule has 0 spiro atoms. The van der Waals surface area contributed by atoms with Gasteiger partial charge in [-0.2, -0.15) is 0 Å². The minimum atomic E-state index is -1.40. The Morgan fingerprint density at radius 3 is 2.59 bits per heavy atom. The van der Waals surface area contributed by atoms with Crippen LogP contribution in [0.5, 0.6) is 5.75 Å². The molecule has 0 aromatic heterocycles. The molecule has 5 heteroatoms. The Labute approximate surface area is 130 Å². The van der Waals surface area contributed by atoms with Crippen LogP contribution in [0, 0.1) is 0 Å². The SMILES string of the molecule is [2H]C([2H])Oc1ccc(C=CC(=O)Nc2ccccc2C(=O)O)cc1. The van der Waals surface area contributed by atoms with Gasteiger partial charge in [0.05, 0.1) is 21.1 Å². The van der Waals surface area contributed by atoms with Crippen molar-refractivity contribution in [2.75, 3.05) is 12.4 Å². The normalized spacial score (nSPS) is 11.9. The van der Waals surface area contributed by atoms with Gasteiger partial charge in [0.25, 0.3) is 0 Å². The van der Waals surface area contributed by atoms with Gasteiger partial charge in [0.1, 0.15) is 5.75 Å². The van der Waals surface area contributed by atoms with Crippen LogP contribution < -0.4 is 10.1 Å². The van der Waals surface area contributed by atoms with Gasteiger partial charge in [0.2, 0.25) is 5.91 Å². The molecule has 0 unspecified atom stereocenters. The van der Waals surface area contributed by atoms with Gasteiger partial charge in [-0.25, -0.2) is 4.79 Å². The summed E-state index contributed by atoms with van der Waals surface area (Å²) in [5.41, 5.74) is 0.956. The summed E-state index contributed by atoms with van der Waals surface area (Å²) in [6.45, 7) is 0. The van der Waals surface area contributed by atoms with Crippen molar-refractivity contribution in [3.8, 4) is 5.75 Å². The first-order valence-corrected chi connectivity index (χ1v) is 6.38. The molecule has 2 N–H and O–H groups in total. The molecule has 22 heavy (non-hydrogen) atoms. The topological polar surface area (TPSA) is 75.6 Å². The van der Waals surface area contributed by atoms with Crippen LogP contribution in [0.1, 0.15) is 18.7 Å². The van der Waals surface area contributed by atoms with Gasteiger partial charge in [0.15, 0.2) is 0 Å². The molecular formula is C17H15NO4. The van der Waals surface area contributed by atoms with Gasteiger partial charge in [0, 0.05) is 6.08 Å². The van der Waals surface area contributed by atoms with Gasteiger partial charge < -0.3 is 15.2 Å². The number of aromatic carboxylic acids is 1. The number of methoxy groups -OCH3 is 1. The van der Waals surface area contributed by atoms with E-state index in [1.54, 1.807) is 42.5 Å². The van der Waals surface area contributed by atoms with E-state index in [2.05, 4.69) is 5.32 Å². The van der Waals surface area contributed by atoms with Gasteiger partial charge in [-0.05, 0) is 35.9 Å². The van der Waals surface area contributed by atoms with E-state index >= 15 is 0 Å². The third kappa shape index (κ3) is 3.96. The number of carboxylic acids is 1. The van der Waals surface area contributed by atoms with Gasteiger partial charge in [-0.1, -0.05) is 24.3 Å². The molecule has 112 valence electrons. The zero-order chi connectivity index (χ0) is 17.5. The summed E-state index contributed by atoms with van der Waals surface area (Å²) >= 11 is 0. The summed E-state index contributed by atoms with van der Waals surface area (Å²) in [5.74, 6) is -1.18. The lowest BCUT2D eigenvalue weighted by Crippen LogP contribution is -2.11. The fourth-order valence-corrected chi connectivity index (χ4v) is 1.78. The number of carbonyl (C=O) groups is 2. The average Bonchev–Trinajstić information content (AvgIpc) is 2.54. The number of rotatable bonds is 5. The first kappa shape index (κ1) is 12.6. The number of nitrogens with one attached hydrogen (secondary N) is 1. The van der Waals surface area contributed by atoms with Crippen LogP contribution in [-0.4, -0.2) is 24.0 Å². The molecule has 0 bridgehead atoms. The minimum Gasteiger partial charge on any atom is -0.497 e. The molecule has 0 saturated heterocycles. The molecule has 0 fully saturated rings. The number of amides is 1. The lowest BCUT2D eigenvalue weighted by molar-refractivity contribution is -0.111. The van der Waals surface area contributed by atoms with Crippen molar-refractivity contribution in [2.45, 2.75) is 0 Å². The van der Waals surface area contributed by atoms with Gasteiger partial charge in [-0.15, -0.1) is 0 Å². The summed E-state index contributed by atoms with van der Waals surface area (Å²) in [6, 6.07) is 12.7. The van der Waals surface area contributed by atoms with Crippen molar-refractivity contribution in [1.29, 1.82) is 0 Å². The van der Waals surface area contributed by atoms with Crippen LogP contribution in [0.3, 0.4) is 0 Å². The molecule has 0 radical (unpaired) electrons. The number of carbonyl (C=O) groups excluding carboxylic acids is 1. The van der Waals surface area contributed by atoms with Crippen molar-refractivity contribution >= 4 is 23.6 Å². The van der Waals surface area contributed by atoms with Crippen molar-refractivity contribution < 1.29 is 22.2 Å². The molecular weight excluding hydrogens is 282 g/mol. The highest BCUT2D eigenvalue weighted by Gasteiger charge is 2.09. The molecule has 2 rings (SSSR count). The van der Waals surface area contributed by atoms with Crippen LogP contribution in [0.2, 0.25) is 0 Å². The van der Waals surface area contributed by atoms with Crippen LogP contribution in [0.25, 0.3) is 6.08 Å². The Bertz CT molecular complexity index is 757. The van der Waals surface area contributed by atoms with Crippen LogP contribution >= 0.6 is 0 Å². The molecule has 0 aliphatic heterocycles. The summed E-state index contributed by atoms with van der Waals surface area (Å²) in [5, 5.41) is 11.6. The van der Waals surface area contributed by atoms with Gasteiger partial charge in [-0.3, -0.25) is 4.79 Å². The second-order valence-corrected chi connectivity index (χ2v) is 4.36. The maximum atomic E-state index is 11.9. The quantitative estimate of drug-likeness (QED) is 0.832. The van der Waals surface area contributed by atoms with E-state index in [9.17, 15) is 9.59 Å².